The van der Waals surface area contributed by atoms with Crippen LogP contribution in [0.2, 0.25) is 0 Å². The Labute approximate surface area is 98.8 Å². The van der Waals surface area contributed by atoms with Crippen LogP contribution in [0.1, 0.15) is 5.56 Å². The molecule has 0 atom stereocenters. The summed E-state index contributed by atoms with van der Waals surface area (Å²) in [5.41, 5.74) is 1.34. The Bertz CT molecular complexity index is 259. The summed E-state index contributed by atoms with van der Waals surface area (Å²) in [5, 5.41) is 6.81. The Morgan fingerprint density at radius 1 is 0.938 bits per heavy atom. The third-order valence-electron chi connectivity index (χ3n) is 2.39. The number of benzene rings is 1. The third kappa shape index (κ3) is 6.56. The molecule has 0 aliphatic rings. The van der Waals surface area contributed by atoms with E-state index in [2.05, 4.69) is 53.9 Å². The smallest absolute Gasteiger partial charge is 0.0206 e. The average Bonchev–Trinajstić information content (AvgIpc) is 2.29. The second-order valence-corrected chi connectivity index (χ2v) is 4.22. The zero-order valence-electron chi connectivity index (χ0n) is 10.4. The lowest BCUT2D eigenvalue weighted by molar-refractivity contribution is 0.399. The summed E-state index contributed by atoms with van der Waals surface area (Å²) in [6, 6.07) is 10.5. The first-order valence-corrected chi connectivity index (χ1v) is 5.89. The molecule has 1 rings (SSSR count). The van der Waals surface area contributed by atoms with E-state index in [4.69, 9.17) is 0 Å². The molecule has 90 valence electrons. The summed E-state index contributed by atoms with van der Waals surface area (Å²) < 4.78 is 0. The van der Waals surface area contributed by atoms with Crippen LogP contribution in [0.25, 0.3) is 0 Å². The highest BCUT2D eigenvalue weighted by Crippen LogP contribution is 1.96. The van der Waals surface area contributed by atoms with Gasteiger partial charge >= 0.3 is 0 Å². The first-order valence-electron chi connectivity index (χ1n) is 5.89. The predicted octanol–water partition coefficient (Wildman–Crippen LogP) is 0.927. The van der Waals surface area contributed by atoms with Crippen LogP contribution in [0.15, 0.2) is 30.3 Å². The van der Waals surface area contributed by atoms with Gasteiger partial charge in [0.25, 0.3) is 0 Å². The van der Waals surface area contributed by atoms with Crippen molar-refractivity contribution in [3.05, 3.63) is 35.9 Å². The second kappa shape index (κ2) is 8.28. The highest BCUT2D eigenvalue weighted by Gasteiger charge is 1.91. The summed E-state index contributed by atoms with van der Waals surface area (Å²) in [5.74, 6) is 0. The van der Waals surface area contributed by atoms with Gasteiger partial charge in [0.15, 0.2) is 0 Å². The monoisotopic (exact) mass is 221 g/mol. The van der Waals surface area contributed by atoms with Gasteiger partial charge in [-0.2, -0.15) is 0 Å². The molecule has 0 saturated carbocycles. The number of nitrogens with zero attached hydrogens (tertiary/aromatic N) is 1. The lowest BCUT2D eigenvalue weighted by Crippen LogP contribution is -2.32. The SMILES string of the molecule is CN(C)CCNCCNCc1ccccc1. The van der Waals surface area contributed by atoms with Crippen molar-refractivity contribution in [2.45, 2.75) is 6.54 Å². The lowest BCUT2D eigenvalue weighted by Gasteiger charge is -2.10. The molecule has 0 aromatic heterocycles. The number of likely N-dealkylation sites (N-methyl/N-ethyl adjacent to an activating group) is 1. The molecule has 0 heterocycles. The van der Waals surface area contributed by atoms with Crippen molar-refractivity contribution in [3.8, 4) is 0 Å². The fraction of sp³-hybridized carbons (Fsp3) is 0.538. The molecular weight excluding hydrogens is 198 g/mol. The summed E-state index contributed by atoms with van der Waals surface area (Å²) in [4.78, 5) is 2.18. The lowest BCUT2D eigenvalue weighted by atomic mass is 10.2. The van der Waals surface area contributed by atoms with Crippen molar-refractivity contribution in [1.29, 1.82) is 0 Å². The minimum atomic E-state index is 0.955. The Kier molecular flexibility index (Phi) is 6.81. The summed E-state index contributed by atoms with van der Waals surface area (Å²) >= 11 is 0. The summed E-state index contributed by atoms with van der Waals surface area (Å²) in [7, 11) is 4.19. The van der Waals surface area contributed by atoms with E-state index in [0.29, 0.717) is 0 Å². The van der Waals surface area contributed by atoms with E-state index in [-0.39, 0.29) is 0 Å². The summed E-state index contributed by atoms with van der Waals surface area (Å²) in [6.07, 6.45) is 0. The Morgan fingerprint density at radius 3 is 2.31 bits per heavy atom. The van der Waals surface area contributed by atoms with E-state index in [1.807, 2.05) is 6.07 Å². The molecule has 0 unspecified atom stereocenters. The molecule has 0 amide bonds. The first kappa shape index (κ1) is 13.2. The molecule has 3 heteroatoms. The quantitative estimate of drug-likeness (QED) is 0.639. The molecule has 0 saturated heterocycles. The normalized spacial score (nSPS) is 10.9. The van der Waals surface area contributed by atoms with E-state index < -0.39 is 0 Å². The van der Waals surface area contributed by atoms with Crippen molar-refractivity contribution in [2.75, 3.05) is 40.3 Å². The molecule has 0 radical (unpaired) electrons. The van der Waals surface area contributed by atoms with E-state index in [0.717, 1.165) is 32.7 Å². The van der Waals surface area contributed by atoms with Crippen LogP contribution in [-0.4, -0.2) is 45.2 Å². The van der Waals surface area contributed by atoms with Crippen LogP contribution in [0.3, 0.4) is 0 Å². The minimum absolute atomic E-state index is 0.955. The molecule has 16 heavy (non-hydrogen) atoms. The van der Waals surface area contributed by atoms with E-state index in [1.54, 1.807) is 0 Å². The molecule has 0 bridgehead atoms. The van der Waals surface area contributed by atoms with Gasteiger partial charge in [0.2, 0.25) is 0 Å². The zero-order valence-corrected chi connectivity index (χ0v) is 10.4. The molecule has 2 N–H and O–H groups in total. The Balaban J connectivity index is 1.93. The van der Waals surface area contributed by atoms with Crippen LogP contribution in [0, 0.1) is 0 Å². The third-order valence-corrected chi connectivity index (χ3v) is 2.39. The van der Waals surface area contributed by atoms with Crippen LogP contribution < -0.4 is 10.6 Å². The van der Waals surface area contributed by atoms with Gasteiger partial charge in [-0.3, -0.25) is 0 Å². The van der Waals surface area contributed by atoms with Gasteiger partial charge in [-0.05, 0) is 19.7 Å². The van der Waals surface area contributed by atoms with Crippen molar-refractivity contribution >= 4 is 0 Å². The zero-order chi connectivity index (χ0) is 11.6. The molecule has 3 nitrogen and oxygen atoms in total. The average molecular weight is 221 g/mol. The molecule has 0 fully saturated rings. The van der Waals surface area contributed by atoms with Gasteiger partial charge in [0, 0.05) is 32.7 Å². The maximum atomic E-state index is 3.41. The molecule has 0 aliphatic heterocycles. The molecule has 0 aliphatic carbocycles. The predicted molar refractivity (Wildman–Crippen MR) is 69.6 cm³/mol. The van der Waals surface area contributed by atoms with Gasteiger partial charge in [-0.1, -0.05) is 30.3 Å². The topological polar surface area (TPSA) is 27.3 Å². The number of hydrogen-bond donors (Lipinski definition) is 2. The van der Waals surface area contributed by atoms with Gasteiger partial charge in [-0.25, -0.2) is 0 Å². The van der Waals surface area contributed by atoms with E-state index >= 15 is 0 Å². The second-order valence-electron chi connectivity index (χ2n) is 4.22. The molecule has 1 aromatic carbocycles. The first-order chi connectivity index (χ1) is 7.79. The van der Waals surface area contributed by atoms with Crippen molar-refractivity contribution in [3.63, 3.8) is 0 Å². The van der Waals surface area contributed by atoms with E-state index in [1.165, 1.54) is 5.56 Å². The Morgan fingerprint density at radius 2 is 1.62 bits per heavy atom. The molecule has 1 aromatic rings. The van der Waals surface area contributed by atoms with Crippen LogP contribution in [-0.2, 0) is 6.54 Å². The molecular formula is C13H23N3. The van der Waals surface area contributed by atoms with Crippen LogP contribution >= 0.6 is 0 Å². The fourth-order valence-corrected chi connectivity index (χ4v) is 1.43. The highest BCUT2D eigenvalue weighted by atomic mass is 15.1. The van der Waals surface area contributed by atoms with Crippen molar-refractivity contribution < 1.29 is 0 Å². The maximum absolute atomic E-state index is 3.41. The van der Waals surface area contributed by atoms with Gasteiger partial charge in [0.05, 0.1) is 0 Å². The number of rotatable bonds is 8. The van der Waals surface area contributed by atoms with Crippen molar-refractivity contribution in [2.24, 2.45) is 0 Å². The minimum Gasteiger partial charge on any atom is -0.314 e. The van der Waals surface area contributed by atoms with Gasteiger partial charge < -0.3 is 15.5 Å². The van der Waals surface area contributed by atoms with Gasteiger partial charge in [-0.15, -0.1) is 0 Å². The standard InChI is InChI=1S/C13H23N3/c1-16(2)11-10-14-8-9-15-12-13-6-4-3-5-7-13/h3-7,14-15H,8-12H2,1-2H3. The largest absolute Gasteiger partial charge is 0.314 e. The van der Waals surface area contributed by atoms with E-state index in [9.17, 15) is 0 Å². The van der Waals surface area contributed by atoms with Crippen LogP contribution in [0.4, 0.5) is 0 Å². The Hall–Kier alpha value is -0.900. The molecule has 0 spiro atoms. The maximum Gasteiger partial charge on any atom is 0.0206 e. The highest BCUT2D eigenvalue weighted by molar-refractivity contribution is 5.14. The number of hydrogen-bond acceptors (Lipinski definition) is 3. The number of nitrogens with one attached hydrogen (secondary N) is 2. The fourth-order valence-electron chi connectivity index (χ4n) is 1.43. The van der Waals surface area contributed by atoms with Crippen LogP contribution in [0.5, 0.6) is 0 Å². The van der Waals surface area contributed by atoms with Crippen molar-refractivity contribution in [1.82, 2.24) is 15.5 Å². The van der Waals surface area contributed by atoms with Gasteiger partial charge in [0.1, 0.15) is 0 Å². The summed E-state index contributed by atoms with van der Waals surface area (Å²) in [6.45, 7) is 5.15.